The van der Waals surface area contributed by atoms with Gasteiger partial charge in [-0.3, -0.25) is 9.69 Å². The van der Waals surface area contributed by atoms with Crippen molar-refractivity contribution in [3.05, 3.63) is 40.1 Å². The Morgan fingerprint density at radius 3 is 2.28 bits per heavy atom. The van der Waals surface area contributed by atoms with Crippen LogP contribution in [-0.2, 0) is 13.0 Å². The fourth-order valence-corrected chi connectivity index (χ4v) is 3.89. The highest BCUT2D eigenvalue weighted by Gasteiger charge is 2.30. The van der Waals surface area contributed by atoms with Gasteiger partial charge in [-0.2, -0.15) is 0 Å². The largest absolute Gasteiger partial charge is 0.506 e. The highest BCUT2D eigenvalue weighted by atomic mass is 16.5. The normalized spacial score (nSPS) is 11.4. The molecule has 3 aromatic rings. The minimum Gasteiger partial charge on any atom is -0.506 e. The first-order valence-electron chi connectivity index (χ1n) is 11.6. The van der Waals surface area contributed by atoms with Gasteiger partial charge in [-0.15, -0.1) is 10.2 Å². The molecule has 11 nitrogen and oxygen atoms in total. The van der Waals surface area contributed by atoms with Crippen molar-refractivity contribution in [2.24, 2.45) is 0 Å². The van der Waals surface area contributed by atoms with Crippen LogP contribution in [0.2, 0.25) is 0 Å². The molecular weight excluding hydrogens is 468 g/mol. The first kappa shape index (κ1) is 26.6. The van der Waals surface area contributed by atoms with E-state index < -0.39 is 17.2 Å². The number of aromatic hydroxyl groups is 1. The number of carboxylic acid groups (broad SMARTS) is 1. The Morgan fingerprint density at radius 2 is 1.75 bits per heavy atom. The zero-order chi connectivity index (χ0) is 26.6. The minimum atomic E-state index is -1.16. The smallest absolute Gasteiger partial charge is 0.408 e. The van der Waals surface area contributed by atoms with Gasteiger partial charge in [-0.05, 0) is 45.7 Å². The summed E-state index contributed by atoms with van der Waals surface area (Å²) >= 11 is 0. The molecule has 0 saturated carbocycles. The number of pyridine rings is 1. The van der Waals surface area contributed by atoms with Crippen molar-refractivity contribution in [1.29, 1.82) is 0 Å². The average Bonchev–Trinajstić information content (AvgIpc) is 3.28. The summed E-state index contributed by atoms with van der Waals surface area (Å²) in [5, 5.41) is 28.9. The molecule has 0 radical (unpaired) electrons. The van der Waals surface area contributed by atoms with E-state index in [1.807, 2.05) is 6.92 Å². The van der Waals surface area contributed by atoms with Crippen molar-refractivity contribution in [1.82, 2.24) is 20.1 Å². The molecule has 0 aliphatic rings. The number of benzene rings is 1. The zero-order valence-electron chi connectivity index (χ0n) is 21.3. The summed E-state index contributed by atoms with van der Waals surface area (Å²) < 4.78 is 16.7. The van der Waals surface area contributed by atoms with Crippen LogP contribution in [0.15, 0.2) is 27.4 Å². The molecule has 3 N–H and O–H groups in total. The van der Waals surface area contributed by atoms with E-state index in [2.05, 4.69) is 15.2 Å². The van der Waals surface area contributed by atoms with E-state index in [-0.39, 0.29) is 29.6 Å². The molecule has 0 saturated heterocycles. The lowest BCUT2D eigenvalue weighted by Gasteiger charge is -2.31. The van der Waals surface area contributed by atoms with Crippen molar-refractivity contribution in [2.75, 3.05) is 14.2 Å². The molecule has 3 rings (SSSR count). The Morgan fingerprint density at radius 1 is 1.11 bits per heavy atom. The molecular formula is C25H32N4O7. The third kappa shape index (κ3) is 5.29. The molecule has 0 aliphatic heterocycles. The van der Waals surface area contributed by atoms with Gasteiger partial charge in [-0.25, -0.2) is 4.79 Å². The predicted molar refractivity (Wildman–Crippen MR) is 132 cm³/mol. The summed E-state index contributed by atoms with van der Waals surface area (Å²) in [6, 6.07) is 5.21. The number of nitrogens with zero attached hydrogens (tertiary/aromatic N) is 3. The second-order valence-corrected chi connectivity index (χ2v) is 9.21. The van der Waals surface area contributed by atoms with Gasteiger partial charge < -0.3 is 29.1 Å². The van der Waals surface area contributed by atoms with Crippen LogP contribution >= 0.6 is 0 Å². The number of aryl methyl sites for hydroxylation is 1. The second kappa shape index (κ2) is 10.7. The van der Waals surface area contributed by atoms with E-state index >= 15 is 0 Å². The Labute approximate surface area is 208 Å². The lowest BCUT2D eigenvalue weighted by molar-refractivity contribution is 0.0895. The maximum absolute atomic E-state index is 13.1. The molecule has 194 valence electrons. The molecule has 1 aromatic carbocycles. The number of hydrogen-bond acceptors (Lipinski definition) is 8. The summed E-state index contributed by atoms with van der Waals surface area (Å²) in [5.74, 6) is 0.254. The zero-order valence-corrected chi connectivity index (χ0v) is 21.3. The first-order valence-corrected chi connectivity index (χ1v) is 11.6. The molecule has 1 amide bonds. The molecule has 0 spiro atoms. The Balaban J connectivity index is 2.21. The number of aromatic nitrogens is 3. The third-order valence-electron chi connectivity index (χ3n) is 5.74. The van der Waals surface area contributed by atoms with Gasteiger partial charge in [-0.1, -0.05) is 19.4 Å². The van der Waals surface area contributed by atoms with Crippen LogP contribution in [0.3, 0.4) is 0 Å². The predicted octanol–water partition coefficient (Wildman–Crippen LogP) is 4.44. The highest BCUT2D eigenvalue weighted by Crippen LogP contribution is 2.46. The number of amides is 1. The number of aromatic amines is 1. The molecule has 36 heavy (non-hydrogen) atoms. The van der Waals surface area contributed by atoms with Crippen LogP contribution in [0.5, 0.6) is 17.2 Å². The van der Waals surface area contributed by atoms with Gasteiger partial charge in [0, 0.05) is 11.2 Å². The van der Waals surface area contributed by atoms with Crippen LogP contribution in [-0.4, -0.2) is 56.1 Å². The van der Waals surface area contributed by atoms with Crippen molar-refractivity contribution >= 4 is 6.09 Å². The van der Waals surface area contributed by atoms with Crippen LogP contribution in [0.1, 0.15) is 52.1 Å². The summed E-state index contributed by atoms with van der Waals surface area (Å²) in [7, 11) is 3.00. The van der Waals surface area contributed by atoms with E-state index in [1.165, 1.54) is 14.2 Å². The highest BCUT2D eigenvalue weighted by molar-refractivity contribution is 5.87. The number of ether oxygens (including phenoxy) is 2. The molecule has 0 fully saturated rings. The second-order valence-electron chi connectivity index (χ2n) is 9.21. The Hall–Kier alpha value is -4.02. The lowest BCUT2D eigenvalue weighted by Crippen LogP contribution is -2.44. The number of methoxy groups -OCH3 is 2. The molecule has 0 atom stereocenters. The summed E-state index contributed by atoms with van der Waals surface area (Å²) in [6.45, 7) is 7.03. The van der Waals surface area contributed by atoms with E-state index in [0.29, 0.717) is 34.7 Å². The van der Waals surface area contributed by atoms with Crippen LogP contribution in [0.4, 0.5) is 4.79 Å². The summed E-state index contributed by atoms with van der Waals surface area (Å²) in [6.07, 6.45) is 0.966. The SMILES string of the molecule is CCCCc1[nH]c(=O)c(-c2nnc(CN(C(=O)O)C(C)(C)C)o2)c(O)c1-c1c(OC)cccc1OC. The number of nitrogens with one attached hydrogen (secondary N) is 1. The van der Waals surface area contributed by atoms with Crippen LogP contribution in [0, 0.1) is 0 Å². The summed E-state index contributed by atoms with van der Waals surface area (Å²) in [4.78, 5) is 28.8. The van der Waals surface area contributed by atoms with E-state index in [0.717, 1.165) is 17.7 Å². The van der Waals surface area contributed by atoms with E-state index in [1.54, 1.807) is 39.0 Å². The molecule has 11 heteroatoms. The average molecular weight is 501 g/mol. The van der Waals surface area contributed by atoms with Gasteiger partial charge in [0.25, 0.3) is 11.4 Å². The lowest BCUT2D eigenvalue weighted by atomic mass is 9.96. The van der Waals surface area contributed by atoms with Crippen molar-refractivity contribution in [2.45, 2.75) is 59.0 Å². The quantitative estimate of drug-likeness (QED) is 0.387. The molecule has 0 aliphatic carbocycles. The Kier molecular flexibility index (Phi) is 7.91. The molecule has 0 bridgehead atoms. The topological polar surface area (TPSA) is 151 Å². The van der Waals surface area contributed by atoms with Gasteiger partial charge in [0.15, 0.2) is 0 Å². The molecule has 0 unspecified atom stereocenters. The van der Waals surface area contributed by atoms with Gasteiger partial charge in [0.05, 0.1) is 25.3 Å². The van der Waals surface area contributed by atoms with Crippen LogP contribution < -0.4 is 15.0 Å². The summed E-state index contributed by atoms with van der Waals surface area (Å²) in [5.41, 5.74) is -0.265. The minimum absolute atomic E-state index is 0.0207. The fourth-order valence-electron chi connectivity index (χ4n) is 3.89. The van der Waals surface area contributed by atoms with Crippen molar-refractivity contribution < 1.29 is 28.9 Å². The number of unbranched alkanes of at least 4 members (excludes halogenated alkanes) is 1. The number of rotatable bonds is 9. The van der Waals surface area contributed by atoms with E-state index in [4.69, 9.17) is 13.9 Å². The number of H-pyrrole nitrogens is 1. The monoisotopic (exact) mass is 500 g/mol. The number of carbonyl (C=O) groups is 1. The van der Waals surface area contributed by atoms with Gasteiger partial charge >= 0.3 is 6.09 Å². The maximum Gasteiger partial charge on any atom is 0.408 e. The van der Waals surface area contributed by atoms with Gasteiger partial charge in [0.1, 0.15) is 29.4 Å². The van der Waals surface area contributed by atoms with Gasteiger partial charge in [0.2, 0.25) is 5.89 Å². The van der Waals surface area contributed by atoms with Crippen molar-refractivity contribution in [3.63, 3.8) is 0 Å². The maximum atomic E-state index is 13.1. The first-order chi connectivity index (χ1) is 17.0. The molecule has 2 heterocycles. The molecule has 2 aromatic heterocycles. The number of hydrogen-bond donors (Lipinski definition) is 3. The Bertz CT molecular complexity index is 1270. The standard InChI is InChI=1S/C25H32N4O7/c1-7-8-10-14-18(19-15(34-5)11-9-12-16(19)35-6)21(30)20(22(31)26-14)23-28-27-17(36-23)13-29(24(32)33)25(2,3)4/h9,11-12H,7-8,10,13H2,1-6H3,(H,32,33)(H2,26,30,31). The van der Waals surface area contributed by atoms with E-state index in [9.17, 15) is 19.8 Å². The van der Waals surface area contributed by atoms with Crippen LogP contribution in [0.25, 0.3) is 22.6 Å². The third-order valence-corrected chi connectivity index (χ3v) is 5.74. The fraction of sp³-hybridized carbons (Fsp3) is 0.440. The van der Waals surface area contributed by atoms with Crippen molar-refractivity contribution in [3.8, 4) is 39.8 Å².